The number of aliphatic hydroxyl groups excluding tert-OH is 1. The van der Waals surface area contributed by atoms with E-state index in [-0.39, 0.29) is 5.92 Å². The van der Waals surface area contributed by atoms with E-state index >= 15 is 0 Å². The zero-order valence-electron chi connectivity index (χ0n) is 19.5. The number of aliphatic hydroxyl groups is 2. The third-order valence-electron chi connectivity index (χ3n) is 5.88. The highest BCUT2D eigenvalue weighted by molar-refractivity contribution is 5.88. The molecule has 4 rings (SSSR count). The van der Waals surface area contributed by atoms with Gasteiger partial charge >= 0.3 is 0 Å². The second-order valence-corrected chi connectivity index (χ2v) is 8.65. The van der Waals surface area contributed by atoms with Gasteiger partial charge in [0.25, 0.3) is 0 Å². The summed E-state index contributed by atoms with van der Waals surface area (Å²) in [4.78, 5) is 20.4. The predicted molar refractivity (Wildman–Crippen MR) is 127 cm³/mol. The number of fused-ring (bicyclic) bond motifs is 2. The van der Waals surface area contributed by atoms with Crippen LogP contribution in [0.15, 0.2) is 24.5 Å². The molecule has 0 saturated heterocycles. The van der Waals surface area contributed by atoms with Crippen molar-refractivity contribution in [3.8, 4) is 5.88 Å². The number of aromatic nitrogens is 4. The number of pyridine rings is 2. The summed E-state index contributed by atoms with van der Waals surface area (Å²) in [6.45, 7) is 7.35. The maximum Gasteiger partial charge on any atom is 0.238 e. The molecule has 10 nitrogen and oxygen atoms in total. The molecule has 1 aliphatic rings. The summed E-state index contributed by atoms with van der Waals surface area (Å²) in [7, 11) is 2.09. The maximum absolute atomic E-state index is 10.8. The van der Waals surface area contributed by atoms with Crippen LogP contribution in [0, 0.1) is 5.92 Å². The maximum atomic E-state index is 10.8. The van der Waals surface area contributed by atoms with Crippen LogP contribution in [-0.2, 0) is 13.0 Å². The van der Waals surface area contributed by atoms with Crippen molar-refractivity contribution in [2.24, 2.45) is 5.92 Å². The molecule has 0 radical (unpaired) electrons. The van der Waals surface area contributed by atoms with Crippen LogP contribution in [0.3, 0.4) is 0 Å². The summed E-state index contributed by atoms with van der Waals surface area (Å²) >= 11 is 0. The Kier molecular flexibility index (Phi) is 6.59. The van der Waals surface area contributed by atoms with E-state index in [9.17, 15) is 10.2 Å². The second-order valence-electron chi connectivity index (χ2n) is 8.65. The minimum Gasteiger partial charge on any atom is -0.476 e. The Morgan fingerprint density at radius 2 is 2.09 bits per heavy atom. The van der Waals surface area contributed by atoms with E-state index in [4.69, 9.17) is 9.72 Å². The van der Waals surface area contributed by atoms with Gasteiger partial charge in [0.05, 0.1) is 18.9 Å². The van der Waals surface area contributed by atoms with E-state index in [1.54, 1.807) is 18.5 Å². The molecule has 10 heteroatoms. The predicted octanol–water partition coefficient (Wildman–Crippen LogP) is 2.30. The van der Waals surface area contributed by atoms with Crippen LogP contribution in [0.5, 0.6) is 5.88 Å². The fourth-order valence-electron chi connectivity index (χ4n) is 3.73. The first kappa shape index (κ1) is 23.1. The van der Waals surface area contributed by atoms with Gasteiger partial charge in [0.2, 0.25) is 11.8 Å². The van der Waals surface area contributed by atoms with E-state index in [1.165, 1.54) is 0 Å². The van der Waals surface area contributed by atoms with Gasteiger partial charge in [-0.2, -0.15) is 0 Å². The van der Waals surface area contributed by atoms with Crippen LogP contribution in [0.1, 0.15) is 32.0 Å². The summed E-state index contributed by atoms with van der Waals surface area (Å²) in [5.74, 6) is 0.969. The molecule has 1 unspecified atom stereocenters. The van der Waals surface area contributed by atoms with E-state index in [0.717, 1.165) is 36.2 Å². The molecule has 4 N–H and O–H groups in total. The molecular formula is C23H31N7O3. The minimum absolute atomic E-state index is 0.257. The number of ether oxygens (including phenoxy) is 1. The fraction of sp³-hybridized carbons (Fsp3) is 0.478. The Bertz CT molecular complexity index is 1140. The standard InChI is InChI=1S/C23H31N7O3/c1-5-33-21-18(10-16-12-30(4)9-7-17(16)26-21)27-22-25-11-15-6-8-24-20(19(15)28-22)29-23(32,13-31)14(2)3/h6,8,10-11,14,31-32H,5,7,9,12-13H2,1-4H3,(H,24,29)(H,25,27,28). The summed E-state index contributed by atoms with van der Waals surface area (Å²) in [5.41, 5.74) is 1.87. The van der Waals surface area contributed by atoms with Gasteiger partial charge < -0.3 is 30.5 Å². The molecule has 1 aliphatic heterocycles. The number of hydrogen-bond acceptors (Lipinski definition) is 10. The van der Waals surface area contributed by atoms with Gasteiger partial charge in [-0.1, -0.05) is 13.8 Å². The lowest BCUT2D eigenvalue weighted by molar-refractivity contribution is -0.0270. The fourth-order valence-corrected chi connectivity index (χ4v) is 3.73. The lowest BCUT2D eigenvalue weighted by Gasteiger charge is -2.31. The molecule has 3 aromatic rings. The van der Waals surface area contributed by atoms with Gasteiger partial charge in [-0.25, -0.2) is 19.9 Å². The number of nitrogens with one attached hydrogen (secondary N) is 2. The Labute approximate surface area is 193 Å². The molecule has 176 valence electrons. The van der Waals surface area contributed by atoms with Crippen molar-refractivity contribution >= 4 is 28.4 Å². The van der Waals surface area contributed by atoms with Crippen molar-refractivity contribution in [2.75, 3.05) is 37.4 Å². The summed E-state index contributed by atoms with van der Waals surface area (Å²) in [6, 6.07) is 3.84. The van der Waals surface area contributed by atoms with Crippen molar-refractivity contribution < 1.29 is 14.9 Å². The lowest BCUT2D eigenvalue weighted by atomic mass is 10.0. The quantitative estimate of drug-likeness (QED) is 0.377. The number of likely N-dealkylation sites (N-methyl/N-ethyl adjacent to an activating group) is 1. The molecule has 0 aromatic carbocycles. The van der Waals surface area contributed by atoms with Gasteiger partial charge in [-0.05, 0) is 31.7 Å². The first-order chi connectivity index (χ1) is 15.8. The normalized spacial score (nSPS) is 15.8. The average molecular weight is 454 g/mol. The SMILES string of the molecule is CCOc1nc2c(cc1Nc1ncc3ccnc(NC(O)(CO)C(C)C)c3n1)CN(C)CC2. The van der Waals surface area contributed by atoms with Crippen LogP contribution in [0.4, 0.5) is 17.5 Å². The third kappa shape index (κ3) is 4.82. The van der Waals surface area contributed by atoms with Crippen LogP contribution in [0.2, 0.25) is 0 Å². The second kappa shape index (κ2) is 9.42. The summed E-state index contributed by atoms with van der Waals surface area (Å²) < 4.78 is 5.79. The van der Waals surface area contributed by atoms with Gasteiger partial charge in [0, 0.05) is 43.2 Å². The number of hydrogen-bond donors (Lipinski definition) is 4. The Hall–Kier alpha value is -3.08. The van der Waals surface area contributed by atoms with Gasteiger partial charge in [-0.3, -0.25) is 0 Å². The molecule has 1 atom stereocenters. The Morgan fingerprint density at radius 1 is 1.27 bits per heavy atom. The molecule has 4 heterocycles. The van der Waals surface area contributed by atoms with Crippen molar-refractivity contribution in [3.05, 3.63) is 35.8 Å². The molecule has 33 heavy (non-hydrogen) atoms. The molecule has 0 spiro atoms. The van der Waals surface area contributed by atoms with Gasteiger partial charge in [0.15, 0.2) is 11.5 Å². The Balaban J connectivity index is 1.70. The number of rotatable bonds is 8. The van der Waals surface area contributed by atoms with Crippen LogP contribution >= 0.6 is 0 Å². The summed E-state index contributed by atoms with van der Waals surface area (Å²) in [5, 5.41) is 27.4. The van der Waals surface area contributed by atoms with Crippen LogP contribution in [-0.4, -0.2) is 67.6 Å². The third-order valence-corrected chi connectivity index (χ3v) is 5.88. The largest absolute Gasteiger partial charge is 0.476 e. The lowest BCUT2D eigenvalue weighted by Crippen LogP contribution is -2.47. The molecule has 0 bridgehead atoms. The van der Waals surface area contributed by atoms with E-state index < -0.39 is 12.3 Å². The van der Waals surface area contributed by atoms with Gasteiger partial charge in [0.1, 0.15) is 11.2 Å². The highest BCUT2D eigenvalue weighted by atomic mass is 16.5. The van der Waals surface area contributed by atoms with Crippen molar-refractivity contribution in [1.82, 2.24) is 24.8 Å². The number of anilines is 3. The van der Waals surface area contributed by atoms with Crippen molar-refractivity contribution in [1.29, 1.82) is 0 Å². The number of nitrogens with zero attached hydrogens (tertiary/aromatic N) is 5. The summed E-state index contributed by atoms with van der Waals surface area (Å²) in [6.07, 6.45) is 4.17. The smallest absolute Gasteiger partial charge is 0.238 e. The van der Waals surface area contributed by atoms with Crippen LogP contribution in [0.25, 0.3) is 10.9 Å². The van der Waals surface area contributed by atoms with E-state index in [2.05, 4.69) is 37.5 Å². The van der Waals surface area contributed by atoms with Crippen molar-refractivity contribution in [3.63, 3.8) is 0 Å². The zero-order chi connectivity index (χ0) is 23.6. The van der Waals surface area contributed by atoms with Gasteiger partial charge in [-0.15, -0.1) is 0 Å². The monoisotopic (exact) mass is 453 g/mol. The molecule has 0 saturated carbocycles. The molecule has 0 aliphatic carbocycles. The first-order valence-electron chi connectivity index (χ1n) is 11.2. The van der Waals surface area contributed by atoms with E-state index in [1.807, 2.05) is 26.8 Å². The molecule has 3 aromatic heterocycles. The van der Waals surface area contributed by atoms with Crippen molar-refractivity contribution in [2.45, 2.75) is 39.5 Å². The first-order valence-corrected chi connectivity index (χ1v) is 11.2. The molecule has 0 amide bonds. The highest BCUT2D eigenvalue weighted by Gasteiger charge is 2.31. The highest BCUT2D eigenvalue weighted by Crippen LogP contribution is 2.31. The molecular weight excluding hydrogens is 422 g/mol. The topological polar surface area (TPSA) is 129 Å². The average Bonchev–Trinajstić information content (AvgIpc) is 2.80. The molecule has 0 fully saturated rings. The Morgan fingerprint density at radius 3 is 2.82 bits per heavy atom. The van der Waals surface area contributed by atoms with Crippen LogP contribution < -0.4 is 15.4 Å². The van der Waals surface area contributed by atoms with E-state index in [0.29, 0.717) is 35.5 Å². The minimum atomic E-state index is -1.53. The zero-order valence-corrected chi connectivity index (χ0v) is 19.5.